The van der Waals surface area contributed by atoms with Gasteiger partial charge in [-0.3, -0.25) is 10.1 Å². The number of anilines is 1. The summed E-state index contributed by atoms with van der Waals surface area (Å²) in [5, 5.41) is 16.8. The maximum Gasteiger partial charge on any atom is 0.409 e. The van der Waals surface area contributed by atoms with Gasteiger partial charge in [0.15, 0.2) is 11.5 Å². The zero-order chi connectivity index (χ0) is 20.8. The number of halogens is 1. The van der Waals surface area contributed by atoms with Crippen LogP contribution >= 0.6 is 0 Å². The van der Waals surface area contributed by atoms with Gasteiger partial charge in [-0.05, 0) is 35.9 Å². The van der Waals surface area contributed by atoms with E-state index in [9.17, 15) is 14.0 Å². The van der Waals surface area contributed by atoms with Crippen LogP contribution in [0.3, 0.4) is 0 Å². The summed E-state index contributed by atoms with van der Waals surface area (Å²) < 4.78 is 22.7. The SMILES string of the molecule is COc1ccc(C2=NN(Cc3ccc(NC(=O)O)cc3)C(=O)CC2)cc1OCF. The summed E-state index contributed by atoms with van der Waals surface area (Å²) in [4.78, 5) is 23.0. The summed E-state index contributed by atoms with van der Waals surface area (Å²) in [5.74, 6) is 0.557. The zero-order valence-corrected chi connectivity index (χ0v) is 15.7. The van der Waals surface area contributed by atoms with Crippen molar-refractivity contribution in [1.82, 2.24) is 5.01 Å². The summed E-state index contributed by atoms with van der Waals surface area (Å²) in [5.41, 5.74) is 2.64. The Morgan fingerprint density at radius 3 is 2.62 bits per heavy atom. The lowest BCUT2D eigenvalue weighted by Gasteiger charge is -2.24. The highest BCUT2D eigenvalue weighted by molar-refractivity contribution is 6.04. The van der Waals surface area contributed by atoms with Gasteiger partial charge in [0.05, 0.1) is 19.4 Å². The summed E-state index contributed by atoms with van der Waals surface area (Å²) in [6, 6.07) is 11.8. The van der Waals surface area contributed by atoms with Crippen LogP contribution in [0, 0.1) is 0 Å². The van der Waals surface area contributed by atoms with E-state index in [4.69, 9.17) is 14.6 Å². The lowest BCUT2D eigenvalue weighted by molar-refractivity contribution is -0.132. The molecule has 2 N–H and O–H groups in total. The van der Waals surface area contributed by atoms with E-state index in [0.717, 1.165) is 5.56 Å². The largest absolute Gasteiger partial charge is 0.493 e. The van der Waals surface area contributed by atoms with Crippen LogP contribution in [0.2, 0.25) is 0 Å². The van der Waals surface area contributed by atoms with Crippen LogP contribution in [0.1, 0.15) is 24.0 Å². The van der Waals surface area contributed by atoms with Crippen LogP contribution in [-0.2, 0) is 11.3 Å². The van der Waals surface area contributed by atoms with Gasteiger partial charge in [-0.25, -0.2) is 14.2 Å². The highest BCUT2D eigenvalue weighted by Gasteiger charge is 2.22. The van der Waals surface area contributed by atoms with Crippen molar-refractivity contribution in [2.75, 3.05) is 19.3 Å². The van der Waals surface area contributed by atoms with Crippen molar-refractivity contribution in [1.29, 1.82) is 0 Å². The molecule has 0 bridgehead atoms. The minimum absolute atomic E-state index is 0.116. The van der Waals surface area contributed by atoms with Gasteiger partial charge < -0.3 is 14.6 Å². The van der Waals surface area contributed by atoms with Gasteiger partial charge in [0, 0.05) is 24.1 Å². The number of amides is 2. The molecule has 2 amide bonds. The van der Waals surface area contributed by atoms with Gasteiger partial charge in [-0.15, -0.1) is 0 Å². The Morgan fingerprint density at radius 2 is 1.97 bits per heavy atom. The van der Waals surface area contributed by atoms with Crippen molar-refractivity contribution in [3.05, 3.63) is 53.6 Å². The number of rotatable bonds is 7. The molecule has 0 spiro atoms. The van der Waals surface area contributed by atoms with Gasteiger partial charge in [0.25, 0.3) is 0 Å². The van der Waals surface area contributed by atoms with Gasteiger partial charge in [-0.2, -0.15) is 5.10 Å². The first-order valence-electron chi connectivity index (χ1n) is 8.84. The number of methoxy groups -OCH3 is 1. The standard InChI is InChI=1S/C20H20FN3O5/c1-28-17-8-4-14(10-18(17)29-12-21)16-7-9-19(25)24(23-16)11-13-2-5-15(6-3-13)22-20(26)27/h2-6,8,10,22H,7,9,11-12H2,1H3,(H,26,27). The van der Waals surface area contributed by atoms with E-state index in [1.54, 1.807) is 42.5 Å². The average molecular weight is 401 g/mol. The third kappa shape index (κ3) is 5.01. The van der Waals surface area contributed by atoms with Gasteiger partial charge >= 0.3 is 6.09 Å². The zero-order valence-electron chi connectivity index (χ0n) is 15.7. The second-order valence-corrected chi connectivity index (χ2v) is 6.24. The molecule has 2 aromatic rings. The molecule has 152 valence electrons. The number of nitrogens with zero attached hydrogens (tertiary/aromatic N) is 2. The Morgan fingerprint density at radius 1 is 1.21 bits per heavy atom. The fraction of sp³-hybridized carbons (Fsp3) is 0.250. The minimum atomic E-state index is -1.14. The van der Waals surface area contributed by atoms with Crippen LogP contribution in [-0.4, -0.2) is 41.8 Å². The molecule has 9 heteroatoms. The topological polar surface area (TPSA) is 100 Å². The van der Waals surface area contributed by atoms with Crippen molar-refractivity contribution in [3.8, 4) is 11.5 Å². The third-order valence-electron chi connectivity index (χ3n) is 4.35. The number of nitrogens with one attached hydrogen (secondary N) is 1. The van der Waals surface area contributed by atoms with Crippen LogP contribution in [0.15, 0.2) is 47.6 Å². The number of carbonyl (C=O) groups excluding carboxylic acids is 1. The molecular formula is C20H20FN3O5. The molecule has 1 heterocycles. The molecule has 0 fully saturated rings. The fourth-order valence-corrected chi connectivity index (χ4v) is 2.95. The first-order valence-corrected chi connectivity index (χ1v) is 8.84. The van der Waals surface area contributed by atoms with Crippen molar-refractivity contribution in [2.45, 2.75) is 19.4 Å². The molecule has 0 atom stereocenters. The first-order chi connectivity index (χ1) is 14.0. The van der Waals surface area contributed by atoms with Crippen molar-refractivity contribution >= 4 is 23.4 Å². The maximum atomic E-state index is 12.6. The Labute approximate surface area is 166 Å². The number of hydrogen-bond donors (Lipinski definition) is 2. The number of hydrogen-bond acceptors (Lipinski definition) is 5. The number of hydrazone groups is 1. The predicted octanol–water partition coefficient (Wildman–Crippen LogP) is 3.62. The molecule has 0 unspecified atom stereocenters. The number of benzene rings is 2. The third-order valence-corrected chi connectivity index (χ3v) is 4.35. The Kier molecular flexibility index (Phi) is 6.28. The molecule has 1 aliphatic rings. The Bertz CT molecular complexity index is 930. The highest BCUT2D eigenvalue weighted by Crippen LogP contribution is 2.30. The summed E-state index contributed by atoms with van der Waals surface area (Å²) in [6.07, 6.45) is -0.394. The second-order valence-electron chi connectivity index (χ2n) is 6.24. The average Bonchev–Trinajstić information content (AvgIpc) is 2.71. The predicted molar refractivity (Wildman–Crippen MR) is 104 cm³/mol. The van der Waals surface area contributed by atoms with E-state index >= 15 is 0 Å². The maximum absolute atomic E-state index is 12.6. The lowest BCUT2D eigenvalue weighted by atomic mass is 10.0. The monoisotopic (exact) mass is 401 g/mol. The molecule has 0 radical (unpaired) electrons. The molecule has 0 saturated carbocycles. The lowest BCUT2D eigenvalue weighted by Crippen LogP contribution is -2.31. The second kappa shape index (κ2) is 9.05. The summed E-state index contributed by atoms with van der Waals surface area (Å²) in [6.45, 7) is -0.733. The van der Waals surface area contributed by atoms with Crippen LogP contribution in [0.5, 0.6) is 11.5 Å². The Balaban J connectivity index is 1.80. The van der Waals surface area contributed by atoms with E-state index in [-0.39, 0.29) is 18.2 Å². The van der Waals surface area contributed by atoms with E-state index in [1.165, 1.54) is 12.1 Å². The molecule has 1 aliphatic heterocycles. The van der Waals surface area contributed by atoms with E-state index in [2.05, 4.69) is 10.4 Å². The van der Waals surface area contributed by atoms with Gasteiger partial charge in [0.2, 0.25) is 12.8 Å². The summed E-state index contributed by atoms with van der Waals surface area (Å²) >= 11 is 0. The molecule has 3 rings (SSSR count). The first kappa shape index (κ1) is 20.1. The minimum Gasteiger partial charge on any atom is -0.493 e. The fourth-order valence-electron chi connectivity index (χ4n) is 2.95. The van der Waals surface area contributed by atoms with Crippen molar-refractivity contribution in [2.24, 2.45) is 5.10 Å². The van der Waals surface area contributed by atoms with Gasteiger partial charge in [-0.1, -0.05) is 12.1 Å². The summed E-state index contributed by atoms with van der Waals surface area (Å²) in [7, 11) is 1.47. The molecule has 0 aromatic heterocycles. The molecule has 2 aromatic carbocycles. The molecule has 0 saturated heterocycles. The Hall–Kier alpha value is -3.62. The van der Waals surface area contributed by atoms with E-state index in [1.807, 2.05) is 0 Å². The van der Waals surface area contributed by atoms with Crippen LogP contribution < -0.4 is 14.8 Å². The molecule has 0 aliphatic carbocycles. The number of carboxylic acid groups (broad SMARTS) is 1. The normalized spacial score (nSPS) is 13.7. The van der Waals surface area contributed by atoms with E-state index in [0.29, 0.717) is 35.6 Å². The van der Waals surface area contributed by atoms with Gasteiger partial charge in [0.1, 0.15) is 0 Å². The number of ether oxygens (including phenoxy) is 2. The number of carbonyl (C=O) groups is 2. The molecular weight excluding hydrogens is 381 g/mol. The van der Waals surface area contributed by atoms with Crippen molar-refractivity contribution in [3.63, 3.8) is 0 Å². The van der Waals surface area contributed by atoms with Crippen LogP contribution in [0.25, 0.3) is 0 Å². The van der Waals surface area contributed by atoms with Crippen molar-refractivity contribution < 1.29 is 28.6 Å². The highest BCUT2D eigenvalue weighted by atomic mass is 19.1. The quantitative estimate of drug-likeness (QED) is 0.738. The van der Waals surface area contributed by atoms with E-state index < -0.39 is 13.0 Å². The van der Waals surface area contributed by atoms with Crippen LogP contribution in [0.4, 0.5) is 14.9 Å². The molecule has 8 nitrogen and oxygen atoms in total. The molecule has 29 heavy (non-hydrogen) atoms. The smallest absolute Gasteiger partial charge is 0.409 e. The number of alkyl halides is 1.